The highest BCUT2D eigenvalue weighted by molar-refractivity contribution is 6.00. The number of nitrogens with one attached hydrogen (secondary N) is 1. The lowest BCUT2D eigenvalue weighted by Crippen LogP contribution is -1.95. The van der Waals surface area contributed by atoms with E-state index in [1.807, 2.05) is 20.0 Å². The van der Waals surface area contributed by atoms with Gasteiger partial charge in [0.05, 0.1) is 0 Å². The topological polar surface area (TPSA) is 28.1 Å². The molecule has 1 aromatic rings. The second-order valence-corrected chi connectivity index (χ2v) is 3.47. The van der Waals surface area contributed by atoms with Crippen molar-refractivity contribution >= 4 is 5.71 Å². The van der Waals surface area contributed by atoms with Crippen molar-refractivity contribution in [1.82, 2.24) is 4.98 Å². The molecule has 0 atom stereocenters. The summed E-state index contributed by atoms with van der Waals surface area (Å²) in [6.07, 6.45) is 5.11. The Labute approximate surface area is 85.8 Å². The summed E-state index contributed by atoms with van der Waals surface area (Å²) in [5, 5.41) is 0. The van der Waals surface area contributed by atoms with E-state index < -0.39 is 0 Å². The molecule has 1 N–H and O–H groups in total. The van der Waals surface area contributed by atoms with Crippen molar-refractivity contribution in [2.24, 2.45) is 4.99 Å². The van der Waals surface area contributed by atoms with Gasteiger partial charge in [-0.05, 0) is 33.3 Å². The number of nitrogens with zero attached hydrogens (tertiary/aromatic N) is 1. The van der Waals surface area contributed by atoms with E-state index in [1.165, 1.54) is 11.3 Å². The third-order valence-electron chi connectivity index (χ3n) is 2.19. The van der Waals surface area contributed by atoms with Crippen LogP contribution in [0.2, 0.25) is 0 Å². The Kier molecular flexibility index (Phi) is 3.69. The Morgan fingerprint density at radius 3 is 2.71 bits per heavy atom. The van der Waals surface area contributed by atoms with Gasteiger partial charge in [0.2, 0.25) is 0 Å². The molecule has 0 fully saturated rings. The number of allylic oxidation sites excluding steroid dienone is 2. The molecule has 0 bridgehead atoms. The number of H-pyrrole nitrogens is 1. The van der Waals surface area contributed by atoms with E-state index in [9.17, 15) is 0 Å². The molecule has 14 heavy (non-hydrogen) atoms. The molecule has 0 saturated heterocycles. The number of aliphatic imine (C=N–C) groups is 1. The summed E-state index contributed by atoms with van der Waals surface area (Å²) < 4.78 is 0. The maximum Gasteiger partial charge on any atom is 0.0465 e. The molecule has 0 aliphatic rings. The molecule has 1 rings (SSSR count). The highest BCUT2D eigenvalue weighted by Crippen LogP contribution is 2.09. The van der Waals surface area contributed by atoms with Crippen LogP contribution in [-0.4, -0.2) is 10.7 Å². The Balaban J connectivity index is 2.90. The van der Waals surface area contributed by atoms with Crippen LogP contribution in [0.5, 0.6) is 0 Å². The smallest absolute Gasteiger partial charge is 0.0465 e. The van der Waals surface area contributed by atoms with Crippen LogP contribution in [0.15, 0.2) is 29.0 Å². The van der Waals surface area contributed by atoms with Crippen LogP contribution in [-0.2, 0) is 0 Å². The number of hydrogen-bond donors (Lipinski definition) is 1. The summed E-state index contributed by atoms with van der Waals surface area (Å²) in [7, 11) is 0. The second-order valence-electron chi connectivity index (χ2n) is 3.47. The zero-order valence-corrected chi connectivity index (χ0v) is 9.39. The third-order valence-corrected chi connectivity index (χ3v) is 2.19. The maximum absolute atomic E-state index is 4.53. The number of aromatic amines is 1. The molecule has 2 nitrogen and oxygen atoms in total. The van der Waals surface area contributed by atoms with E-state index in [2.05, 4.69) is 36.0 Å². The molecule has 1 heterocycles. The average molecular weight is 190 g/mol. The average Bonchev–Trinajstić information content (AvgIpc) is 2.51. The van der Waals surface area contributed by atoms with Gasteiger partial charge in [-0.25, -0.2) is 0 Å². The van der Waals surface area contributed by atoms with Crippen molar-refractivity contribution in [2.75, 3.05) is 0 Å². The van der Waals surface area contributed by atoms with Crippen LogP contribution in [0, 0.1) is 6.92 Å². The first-order valence-corrected chi connectivity index (χ1v) is 5.01. The van der Waals surface area contributed by atoms with E-state index in [1.54, 1.807) is 0 Å². The molecule has 76 valence electrons. The fourth-order valence-electron chi connectivity index (χ4n) is 1.51. The van der Waals surface area contributed by atoms with Crippen molar-refractivity contribution in [1.29, 1.82) is 0 Å². The molecule has 0 amide bonds. The van der Waals surface area contributed by atoms with E-state index in [4.69, 9.17) is 0 Å². The monoisotopic (exact) mass is 190 g/mol. The van der Waals surface area contributed by atoms with Crippen molar-refractivity contribution in [3.8, 4) is 0 Å². The Morgan fingerprint density at radius 1 is 1.50 bits per heavy atom. The summed E-state index contributed by atoms with van der Waals surface area (Å²) >= 11 is 0. The van der Waals surface area contributed by atoms with Crippen LogP contribution in [0.25, 0.3) is 0 Å². The minimum atomic E-state index is 1.04. The van der Waals surface area contributed by atoms with Gasteiger partial charge < -0.3 is 4.98 Å². The molecular weight excluding hydrogens is 172 g/mol. The SMILES string of the molecule is CC/C=C(\C)N=C(C)c1cc[nH]c1C. The number of hydrogen-bond acceptors (Lipinski definition) is 1. The Hall–Kier alpha value is -1.31. The van der Waals surface area contributed by atoms with Gasteiger partial charge in [-0.2, -0.15) is 0 Å². The largest absolute Gasteiger partial charge is 0.365 e. The lowest BCUT2D eigenvalue weighted by atomic mass is 10.2. The standard InChI is InChI=1S/C12H18N2/c1-5-6-9(2)14-11(4)12-7-8-13-10(12)3/h6-8,13H,5H2,1-4H3/b9-6+,14-11?. The summed E-state index contributed by atoms with van der Waals surface area (Å²) in [5.41, 5.74) is 4.54. The van der Waals surface area contributed by atoms with Crippen LogP contribution < -0.4 is 0 Å². The summed E-state index contributed by atoms with van der Waals surface area (Å²) in [6, 6.07) is 2.06. The van der Waals surface area contributed by atoms with E-state index in [0.717, 1.165) is 17.8 Å². The van der Waals surface area contributed by atoms with Crippen LogP contribution in [0.4, 0.5) is 0 Å². The van der Waals surface area contributed by atoms with Crippen molar-refractivity contribution in [3.05, 3.63) is 35.3 Å². The van der Waals surface area contributed by atoms with E-state index >= 15 is 0 Å². The zero-order chi connectivity index (χ0) is 10.6. The highest BCUT2D eigenvalue weighted by atomic mass is 14.8. The van der Waals surface area contributed by atoms with Gasteiger partial charge in [0.1, 0.15) is 0 Å². The molecule has 1 aromatic heterocycles. The normalized spacial score (nSPS) is 13.4. The van der Waals surface area contributed by atoms with Gasteiger partial charge in [0, 0.05) is 28.9 Å². The molecule has 0 aromatic carbocycles. The fourth-order valence-corrected chi connectivity index (χ4v) is 1.51. The van der Waals surface area contributed by atoms with Crippen LogP contribution >= 0.6 is 0 Å². The lowest BCUT2D eigenvalue weighted by Gasteiger charge is -1.99. The first kappa shape index (κ1) is 10.8. The van der Waals surface area contributed by atoms with Crippen LogP contribution in [0.1, 0.15) is 38.4 Å². The minimum absolute atomic E-state index is 1.04. The highest BCUT2D eigenvalue weighted by Gasteiger charge is 2.01. The first-order valence-electron chi connectivity index (χ1n) is 5.01. The van der Waals surface area contributed by atoms with Crippen LogP contribution in [0.3, 0.4) is 0 Å². The number of rotatable bonds is 3. The quantitative estimate of drug-likeness (QED) is 0.707. The number of aryl methyl sites for hydroxylation is 1. The van der Waals surface area contributed by atoms with Gasteiger partial charge in [-0.15, -0.1) is 0 Å². The molecule has 0 saturated carbocycles. The summed E-state index contributed by atoms with van der Waals surface area (Å²) in [5.74, 6) is 0. The second kappa shape index (κ2) is 4.80. The van der Waals surface area contributed by atoms with E-state index in [-0.39, 0.29) is 0 Å². The molecule has 0 aliphatic carbocycles. The Bertz CT molecular complexity index is 356. The molecule has 0 spiro atoms. The molecule has 0 aliphatic heterocycles. The van der Waals surface area contributed by atoms with Gasteiger partial charge >= 0.3 is 0 Å². The Morgan fingerprint density at radius 2 is 2.21 bits per heavy atom. The first-order chi connectivity index (χ1) is 6.65. The minimum Gasteiger partial charge on any atom is -0.365 e. The maximum atomic E-state index is 4.53. The third kappa shape index (κ3) is 2.59. The van der Waals surface area contributed by atoms with Crippen molar-refractivity contribution in [2.45, 2.75) is 34.1 Å². The summed E-state index contributed by atoms with van der Waals surface area (Å²) in [6.45, 7) is 8.27. The molecule has 2 heteroatoms. The van der Waals surface area contributed by atoms with Gasteiger partial charge in [-0.1, -0.05) is 13.0 Å². The predicted molar refractivity (Wildman–Crippen MR) is 61.8 cm³/mol. The van der Waals surface area contributed by atoms with Crippen molar-refractivity contribution < 1.29 is 0 Å². The molecular formula is C12H18N2. The lowest BCUT2D eigenvalue weighted by molar-refractivity contribution is 1.15. The summed E-state index contributed by atoms with van der Waals surface area (Å²) in [4.78, 5) is 7.68. The van der Waals surface area contributed by atoms with Gasteiger partial charge in [-0.3, -0.25) is 4.99 Å². The molecule has 0 radical (unpaired) electrons. The van der Waals surface area contributed by atoms with Gasteiger partial charge in [0.25, 0.3) is 0 Å². The fraction of sp³-hybridized carbons (Fsp3) is 0.417. The van der Waals surface area contributed by atoms with E-state index in [0.29, 0.717) is 0 Å². The predicted octanol–water partition coefficient (Wildman–Crippen LogP) is 3.45. The zero-order valence-electron chi connectivity index (χ0n) is 9.39. The van der Waals surface area contributed by atoms with Gasteiger partial charge in [0.15, 0.2) is 0 Å². The number of aromatic nitrogens is 1. The van der Waals surface area contributed by atoms with Crippen molar-refractivity contribution in [3.63, 3.8) is 0 Å². The molecule has 0 unspecified atom stereocenters.